The molecule has 25 heavy (non-hydrogen) atoms. The highest BCUT2D eigenvalue weighted by Crippen LogP contribution is 2.46. The first-order valence-electron chi connectivity index (χ1n) is 8.73. The minimum Gasteiger partial charge on any atom is -0.467 e. The van der Waals surface area contributed by atoms with Crippen LogP contribution < -0.4 is 11.1 Å². The van der Waals surface area contributed by atoms with Crippen LogP contribution in [0.4, 0.5) is 5.69 Å². The van der Waals surface area contributed by atoms with Crippen molar-refractivity contribution >= 4 is 40.6 Å². The highest BCUT2D eigenvalue weighted by Gasteiger charge is 2.41. The molecular formula is C19H28N2O2S2. The minimum atomic E-state index is -0.459. The molecule has 1 fully saturated rings. The van der Waals surface area contributed by atoms with Crippen molar-refractivity contribution in [3.63, 3.8) is 0 Å². The number of ether oxygens (including phenoxy) is 1. The summed E-state index contributed by atoms with van der Waals surface area (Å²) in [6, 6.07) is 7.11. The van der Waals surface area contributed by atoms with E-state index in [0.717, 1.165) is 42.0 Å². The molecule has 3 N–H and O–H groups in total. The first kappa shape index (κ1) is 20.0. The Labute approximate surface area is 160 Å². The fourth-order valence-electron chi connectivity index (χ4n) is 3.29. The zero-order chi connectivity index (χ0) is 18.3. The van der Waals surface area contributed by atoms with E-state index in [1.807, 2.05) is 36.0 Å². The van der Waals surface area contributed by atoms with Gasteiger partial charge >= 0.3 is 5.97 Å². The Balaban J connectivity index is 2.03. The zero-order valence-corrected chi connectivity index (χ0v) is 16.7. The van der Waals surface area contributed by atoms with Crippen LogP contribution >= 0.6 is 24.0 Å². The number of nitrogen functional groups attached to an aromatic ring is 1. The summed E-state index contributed by atoms with van der Waals surface area (Å²) < 4.78 is 4.98. The lowest BCUT2D eigenvalue weighted by molar-refractivity contribution is -0.142. The van der Waals surface area contributed by atoms with Crippen molar-refractivity contribution < 1.29 is 9.53 Å². The summed E-state index contributed by atoms with van der Waals surface area (Å²) in [7, 11) is 1.42. The average molecular weight is 381 g/mol. The Hall–Kier alpha value is -1.27. The third kappa shape index (κ3) is 5.35. The standard InChI is InChI=1S/C19H28N2O2S2/c1-23-17(22)16(13-14-5-7-15(20)8-6-14)21-18(24)19(9-3-10-19)11-4-12-25-2/h5-8,16H,3-4,9-13,20H2,1-2H3,(H,21,24). The molecule has 0 amide bonds. The molecule has 1 aromatic rings. The van der Waals surface area contributed by atoms with Gasteiger partial charge in [0.1, 0.15) is 6.04 Å². The molecule has 0 radical (unpaired) electrons. The molecule has 0 heterocycles. The average Bonchev–Trinajstić information content (AvgIpc) is 2.57. The van der Waals surface area contributed by atoms with Gasteiger partial charge in [-0.2, -0.15) is 11.8 Å². The number of hydrogen-bond acceptors (Lipinski definition) is 5. The SMILES string of the molecule is COC(=O)C(Cc1ccc(N)cc1)NC(=S)C1(CCCSC)CCC1. The Kier molecular flexibility index (Phi) is 7.56. The summed E-state index contributed by atoms with van der Waals surface area (Å²) in [6.45, 7) is 0. The molecule has 0 aromatic heterocycles. The van der Waals surface area contributed by atoms with E-state index < -0.39 is 6.04 Å². The maximum Gasteiger partial charge on any atom is 0.328 e. The Bertz CT molecular complexity index is 586. The van der Waals surface area contributed by atoms with Crippen molar-refractivity contribution in [3.05, 3.63) is 29.8 Å². The molecule has 0 bridgehead atoms. The summed E-state index contributed by atoms with van der Waals surface area (Å²) in [5, 5.41) is 3.32. The largest absolute Gasteiger partial charge is 0.467 e. The van der Waals surface area contributed by atoms with Gasteiger partial charge in [0.15, 0.2) is 0 Å². The number of benzene rings is 1. The van der Waals surface area contributed by atoms with Gasteiger partial charge in [-0.1, -0.05) is 30.8 Å². The lowest BCUT2D eigenvalue weighted by Gasteiger charge is -2.43. The number of carbonyl (C=O) groups is 1. The maximum absolute atomic E-state index is 12.2. The van der Waals surface area contributed by atoms with Crippen LogP contribution in [0.1, 0.15) is 37.7 Å². The van der Waals surface area contributed by atoms with Gasteiger partial charge < -0.3 is 15.8 Å². The number of anilines is 1. The number of hydrogen-bond donors (Lipinski definition) is 2. The van der Waals surface area contributed by atoms with E-state index in [1.54, 1.807) is 0 Å². The van der Waals surface area contributed by atoms with E-state index in [2.05, 4.69) is 11.6 Å². The molecule has 4 nitrogen and oxygen atoms in total. The lowest BCUT2D eigenvalue weighted by atomic mass is 9.66. The predicted molar refractivity (Wildman–Crippen MR) is 110 cm³/mol. The Morgan fingerprint density at radius 3 is 2.60 bits per heavy atom. The van der Waals surface area contributed by atoms with Gasteiger partial charge in [-0.25, -0.2) is 4.79 Å². The number of nitrogens with two attached hydrogens (primary N) is 1. The van der Waals surface area contributed by atoms with E-state index in [4.69, 9.17) is 22.7 Å². The van der Waals surface area contributed by atoms with Crippen molar-refractivity contribution in [2.45, 2.75) is 44.6 Å². The number of nitrogens with one attached hydrogen (secondary N) is 1. The quantitative estimate of drug-likeness (QED) is 0.295. The van der Waals surface area contributed by atoms with Crippen LogP contribution in [0.5, 0.6) is 0 Å². The first-order chi connectivity index (χ1) is 12.0. The first-order valence-corrected chi connectivity index (χ1v) is 10.5. The third-order valence-corrected chi connectivity index (χ3v) is 6.25. The molecule has 1 saturated carbocycles. The van der Waals surface area contributed by atoms with E-state index >= 15 is 0 Å². The summed E-state index contributed by atoms with van der Waals surface area (Å²) in [4.78, 5) is 13.1. The van der Waals surface area contributed by atoms with Crippen molar-refractivity contribution in [3.8, 4) is 0 Å². The number of rotatable bonds is 9. The van der Waals surface area contributed by atoms with Crippen LogP contribution in [0, 0.1) is 5.41 Å². The van der Waals surface area contributed by atoms with Crippen LogP contribution in [0.15, 0.2) is 24.3 Å². The molecule has 0 aliphatic heterocycles. The fraction of sp³-hybridized carbons (Fsp3) is 0.579. The van der Waals surface area contributed by atoms with Crippen molar-refractivity contribution in [1.82, 2.24) is 5.32 Å². The topological polar surface area (TPSA) is 64.3 Å². The van der Waals surface area contributed by atoms with Crippen molar-refractivity contribution in [2.24, 2.45) is 5.41 Å². The molecular weight excluding hydrogens is 352 g/mol. The van der Waals surface area contributed by atoms with Gasteiger partial charge in [-0.15, -0.1) is 0 Å². The molecule has 1 aliphatic rings. The van der Waals surface area contributed by atoms with Crippen LogP contribution in [0.2, 0.25) is 0 Å². The second-order valence-electron chi connectivity index (χ2n) is 6.73. The van der Waals surface area contributed by atoms with Crippen LogP contribution in [0.3, 0.4) is 0 Å². The Morgan fingerprint density at radius 2 is 2.08 bits per heavy atom. The van der Waals surface area contributed by atoms with Gasteiger partial charge in [0, 0.05) is 17.5 Å². The highest BCUT2D eigenvalue weighted by molar-refractivity contribution is 7.98. The second-order valence-corrected chi connectivity index (χ2v) is 8.12. The molecule has 1 aromatic carbocycles. The summed E-state index contributed by atoms with van der Waals surface area (Å²) in [5.74, 6) is 0.869. The van der Waals surface area contributed by atoms with E-state index in [0.29, 0.717) is 12.1 Å². The molecule has 2 rings (SSSR count). The molecule has 0 saturated heterocycles. The summed E-state index contributed by atoms with van der Waals surface area (Å²) in [6.07, 6.45) is 8.35. The second kappa shape index (κ2) is 9.43. The number of thiocarbonyl (C=S) groups is 1. The highest BCUT2D eigenvalue weighted by atomic mass is 32.2. The number of methoxy groups -OCH3 is 1. The van der Waals surface area contributed by atoms with Crippen LogP contribution in [-0.4, -0.2) is 36.1 Å². The summed E-state index contributed by atoms with van der Waals surface area (Å²) >= 11 is 7.59. The summed E-state index contributed by atoms with van der Waals surface area (Å²) in [5.41, 5.74) is 7.55. The molecule has 1 atom stereocenters. The van der Waals surface area contributed by atoms with Gasteiger partial charge in [0.2, 0.25) is 0 Å². The van der Waals surface area contributed by atoms with Gasteiger partial charge in [0.05, 0.1) is 12.1 Å². The molecule has 1 aliphatic carbocycles. The minimum absolute atomic E-state index is 0.0679. The van der Waals surface area contributed by atoms with Gasteiger partial charge in [-0.05, 0) is 55.4 Å². The maximum atomic E-state index is 12.2. The number of esters is 1. The Morgan fingerprint density at radius 1 is 1.40 bits per heavy atom. The third-order valence-electron chi connectivity index (χ3n) is 5.01. The van der Waals surface area contributed by atoms with E-state index in [9.17, 15) is 4.79 Å². The fourth-order valence-corrected chi connectivity index (χ4v) is 4.17. The molecule has 138 valence electrons. The van der Waals surface area contributed by atoms with Crippen molar-refractivity contribution in [2.75, 3.05) is 24.9 Å². The van der Waals surface area contributed by atoms with Gasteiger partial charge in [0.25, 0.3) is 0 Å². The monoisotopic (exact) mass is 380 g/mol. The van der Waals surface area contributed by atoms with Crippen molar-refractivity contribution in [1.29, 1.82) is 0 Å². The zero-order valence-electron chi connectivity index (χ0n) is 15.0. The number of thioether (sulfide) groups is 1. The lowest BCUT2D eigenvalue weighted by Crippen LogP contribution is -2.51. The van der Waals surface area contributed by atoms with Crippen LogP contribution in [0.25, 0.3) is 0 Å². The van der Waals surface area contributed by atoms with E-state index in [1.165, 1.54) is 13.5 Å². The normalized spacial score (nSPS) is 16.6. The number of carbonyl (C=O) groups excluding carboxylic acids is 1. The predicted octanol–water partition coefficient (Wildman–Crippen LogP) is 3.58. The molecule has 1 unspecified atom stereocenters. The molecule has 0 spiro atoms. The molecule has 6 heteroatoms. The smallest absolute Gasteiger partial charge is 0.328 e. The van der Waals surface area contributed by atoms with E-state index in [-0.39, 0.29) is 11.4 Å². The van der Waals surface area contributed by atoms with Gasteiger partial charge in [-0.3, -0.25) is 0 Å². The van der Waals surface area contributed by atoms with Crippen LogP contribution in [-0.2, 0) is 16.0 Å².